The van der Waals surface area contributed by atoms with Crippen molar-refractivity contribution in [3.8, 4) is 11.5 Å². The van der Waals surface area contributed by atoms with Crippen molar-refractivity contribution >= 4 is 36.4 Å². The van der Waals surface area contributed by atoms with Gasteiger partial charge in [-0.2, -0.15) is 0 Å². The topological polar surface area (TPSA) is 72.5 Å². The number of pyridine rings is 1. The summed E-state index contributed by atoms with van der Waals surface area (Å²) >= 11 is 0. The minimum Gasteiger partial charge on any atom is -0.457 e. The fraction of sp³-hybridized carbons (Fsp3) is 0.368. The zero-order valence-electron chi connectivity index (χ0n) is 15.1. The Morgan fingerprint density at radius 2 is 1.85 bits per heavy atom. The number of carbonyl (C=O) groups excluding carboxylic acids is 1. The molecule has 0 bridgehead atoms. The van der Waals surface area contributed by atoms with Crippen molar-refractivity contribution in [2.75, 3.05) is 32.1 Å². The Hall–Kier alpha value is -1.86. The van der Waals surface area contributed by atoms with E-state index in [2.05, 4.69) is 15.6 Å². The molecule has 8 heteroatoms. The van der Waals surface area contributed by atoms with Crippen LogP contribution in [0.3, 0.4) is 0 Å². The summed E-state index contributed by atoms with van der Waals surface area (Å²) in [6.07, 6.45) is 4.87. The molecule has 1 aromatic heterocycles. The number of anilines is 1. The first-order valence-corrected chi connectivity index (χ1v) is 8.41. The Morgan fingerprint density at radius 3 is 2.52 bits per heavy atom. The van der Waals surface area contributed by atoms with E-state index in [1.165, 1.54) is 0 Å². The molecule has 0 aliphatic carbocycles. The van der Waals surface area contributed by atoms with E-state index < -0.39 is 5.41 Å². The number of rotatable bonds is 6. The number of benzene rings is 1. The van der Waals surface area contributed by atoms with E-state index in [0.717, 1.165) is 25.9 Å². The number of nitrogens with zero attached hydrogens (tertiary/aromatic N) is 1. The monoisotopic (exact) mass is 413 g/mol. The van der Waals surface area contributed by atoms with Gasteiger partial charge in [-0.05, 0) is 50.2 Å². The van der Waals surface area contributed by atoms with Crippen molar-refractivity contribution in [2.45, 2.75) is 12.8 Å². The van der Waals surface area contributed by atoms with Crippen molar-refractivity contribution in [1.29, 1.82) is 0 Å². The maximum absolute atomic E-state index is 12.9. The normalized spacial score (nSPS) is 15.0. The second-order valence-electron chi connectivity index (χ2n) is 6.23. The molecule has 0 atom stereocenters. The molecule has 0 spiro atoms. The van der Waals surface area contributed by atoms with E-state index in [1.807, 2.05) is 24.3 Å². The van der Waals surface area contributed by atoms with Gasteiger partial charge in [0.15, 0.2) is 0 Å². The maximum Gasteiger partial charge on any atom is 0.233 e. The third-order valence-corrected chi connectivity index (χ3v) is 4.44. The van der Waals surface area contributed by atoms with E-state index in [-0.39, 0.29) is 30.7 Å². The Labute approximate surface area is 171 Å². The van der Waals surface area contributed by atoms with E-state index in [4.69, 9.17) is 9.47 Å². The highest BCUT2D eigenvalue weighted by molar-refractivity contribution is 5.95. The van der Waals surface area contributed by atoms with Gasteiger partial charge < -0.3 is 20.1 Å². The summed E-state index contributed by atoms with van der Waals surface area (Å²) in [5, 5.41) is 6.32. The number of piperidine rings is 1. The molecule has 0 radical (unpaired) electrons. The number of methoxy groups -OCH3 is 1. The largest absolute Gasteiger partial charge is 0.457 e. The van der Waals surface area contributed by atoms with Gasteiger partial charge in [0.25, 0.3) is 0 Å². The lowest BCUT2D eigenvalue weighted by Crippen LogP contribution is -2.47. The molecule has 1 fully saturated rings. The highest BCUT2D eigenvalue weighted by Gasteiger charge is 2.39. The molecule has 1 aliphatic rings. The minimum atomic E-state index is -0.484. The van der Waals surface area contributed by atoms with Crippen LogP contribution in [0.5, 0.6) is 11.5 Å². The number of aromatic nitrogens is 1. The summed E-state index contributed by atoms with van der Waals surface area (Å²) < 4.78 is 11.1. The van der Waals surface area contributed by atoms with Crippen molar-refractivity contribution in [3.05, 3.63) is 48.8 Å². The molecule has 0 unspecified atom stereocenters. The van der Waals surface area contributed by atoms with E-state index in [0.29, 0.717) is 23.8 Å². The molecule has 2 heterocycles. The predicted octanol–water partition coefficient (Wildman–Crippen LogP) is 3.67. The van der Waals surface area contributed by atoms with Gasteiger partial charge in [-0.3, -0.25) is 9.78 Å². The molecule has 1 aromatic carbocycles. The van der Waals surface area contributed by atoms with Gasteiger partial charge in [0, 0.05) is 31.3 Å². The number of hydrogen-bond acceptors (Lipinski definition) is 5. The molecule has 0 saturated carbocycles. The quantitative estimate of drug-likeness (QED) is 0.755. The Kier molecular flexibility index (Phi) is 9.52. The lowest BCUT2D eigenvalue weighted by atomic mass is 9.78. The van der Waals surface area contributed by atoms with Crippen molar-refractivity contribution in [3.63, 3.8) is 0 Å². The van der Waals surface area contributed by atoms with Gasteiger partial charge in [0.05, 0.1) is 12.0 Å². The number of carbonyl (C=O) groups is 1. The maximum atomic E-state index is 12.9. The molecule has 1 amide bonds. The average Bonchev–Trinajstić information content (AvgIpc) is 2.64. The summed E-state index contributed by atoms with van der Waals surface area (Å²) in [5.41, 5.74) is 0.229. The van der Waals surface area contributed by atoms with E-state index in [9.17, 15) is 4.79 Å². The van der Waals surface area contributed by atoms with Crippen LogP contribution in [-0.2, 0) is 9.53 Å². The smallest absolute Gasteiger partial charge is 0.233 e. The molecular formula is C19H25Cl2N3O3. The zero-order chi connectivity index (χ0) is 17.5. The van der Waals surface area contributed by atoms with Crippen LogP contribution in [0, 0.1) is 5.41 Å². The zero-order valence-corrected chi connectivity index (χ0v) is 16.8. The molecule has 2 N–H and O–H groups in total. The second kappa shape index (κ2) is 11.1. The lowest BCUT2D eigenvalue weighted by Gasteiger charge is -2.35. The summed E-state index contributed by atoms with van der Waals surface area (Å²) in [6, 6.07) is 11.0. The summed E-state index contributed by atoms with van der Waals surface area (Å²) in [7, 11) is 1.64. The van der Waals surface area contributed by atoms with E-state index >= 15 is 0 Å². The van der Waals surface area contributed by atoms with Gasteiger partial charge in [-0.15, -0.1) is 24.8 Å². The predicted molar refractivity (Wildman–Crippen MR) is 110 cm³/mol. The van der Waals surface area contributed by atoms with Crippen molar-refractivity contribution in [2.24, 2.45) is 5.41 Å². The van der Waals surface area contributed by atoms with Crippen molar-refractivity contribution < 1.29 is 14.3 Å². The number of halogens is 2. The Morgan fingerprint density at radius 1 is 1.15 bits per heavy atom. The summed E-state index contributed by atoms with van der Waals surface area (Å²) in [4.78, 5) is 16.8. The summed E-state index contributed by atoms with van der Waals surface area (Å²) in [6.45, 7) is 2.07. The standard InChI is InChI=1S/C19H23N3O3.2ClH/c1-24-14-19(7-11-21-12-8-19)18(23)22-15-3-2-4-17(13-15)25-16-5-9-20-10-6-16;;/h2-6,9-10,13,21H,7-8,11-12,14H2,1H3,(H,22,23);2*1H. The first-order valence-electron chi connectivity index (χ1n) is 8.41. The van der Waals surface area contributed by atoms with Crippen LogP contribution in [0.15, 0.2) is 48.8 Å². The number of amides is 1. The first-order chi connectivity index (χ1) is 12.2. The fourth-order valence-electron chi connectivity index (χ4n) is 3.06. The van der Waals surface area contributed by atoms with Crippen molar-refractivity contribution in [1.82, 2.24) is 10.3 Å². The number of hydrogen-bond donors (Lipinski definition) is 2. The van der Waals surface area contributed by atoms with Crippen LogP contribution >= 0.6 is 24.8 Å². The van der Waals surface area contributed by atoms with Gasteiger partial charge >= 0.3 is 0 Å². The summed E-state index contributed by atoms with van der Waals surface area (Å²) in [5.74, 6) is 1.36. The van der Waals surface area contributed by atoms with Gasteiger partial charge in [0.2, 0.25) is 5.91 Å². The SMILES string of the molecule is COCC1(C(=O)Nc2cccc(Oc3ccncc3)c2)CCNCC1.Cl.Cl. The van der Waals surface area contributed by atoms with Gasteiger partial charge in [-0.1, -0.05) is 6.07 Å². The third kappa shape index (κ3) is 6.07. The second-order valence-corrected chi connectivity index (χ2v) is 6.23. The lowest BCUT2D eigenvalue weighted by molar-refractivity contribution is -0.130. The van der Waals surface area contributed by atoms with Crippen LogP contribution < -0.4 is 15.4 Å². The average molecular weight is 414 g/mol. The molecule has 1 aliphatic heterocycles. The molecule has 1 saturated heterocycles. The third-order valence-electron chi connectivity index (χ3n) is 4.44. The van der Waals surface area contributed by atoms with E-state index in [1.54, 1.807) is 31.6 Å². The Balaban J connectivity index is 0.00000182. The molecule has 27 heavy (non-hydrogen) atoms. The van der Waals surface area contributed by atoms with Gasteiger partial charge in [0.1, 0.15) is 11.5 Å². The molecule has 6 nitrogen and oxygen atoms in total. The molecular weight excluding hydrogens is 389 g/mol. The highest BCUT2D eigenvalue weighted by atomic mass is 35.5. The molecule has 148 valence electrons. The van der Waals surface area contributed by atoms with Crippen LogP contribution in [0.4, 0.5) is 5.69 Å². The first kappa shape index (κ1) is 23.2. The molecule has 3 rings (SSSR count). The Bertz CT molecular complexity index is 705. The van der Waals surface area contributed by atoms with Crippen LogP contribution in [0.1, 0.15) is 12.8 Å². The number of nitrogens with one attached hydrogen (secondary N) is 2. The van der Waals surface area contributed by atoms with Crippen LogP contribution in [0.25, 0.3) is 0 Å². The number of ether oxygens (including phenoxy) is 2. The minimum absolute atomic E-state index is 0. The van der Waals surface area contributed by atoms with Crippen LogP contribution in [-0.4, -0.2) is 37.7 Å². The highest BCUT2D eigenvalue weighted by Crippen LogP contribution is 2.31. The fourth-order valence-corrected chi connectivity index (χ4v) is 3.06. The van der Waals surface area contributed by atoms with Crippen LogP contribution in [0.2, 0.25) is 0 Å². The van der Waals surface area contributed by atoms with Gasteiger partial charge in [-0.25, -0.2) is 0 Å². The molecule has 2 aromatic rings.